The van der Waals surface area contributed by atoms with Crippen LogP contribution in [0.2, 0.25) is 0 Å². The van der Waals surface area contributed by atoms with Crippen LogP contribution in [-0.2, 0) is 9.59 Å². The monoisotopic (exact) mass is 284 g/mol. The van der Waals surface area contributed by atoms with Crippen LogP contribution in [0.5, 0.6) is 0 Å². The van der Waals surface area contributed by atoms with E-state index in [1.54, 1.807) is 0 Å². The van der Waals surface area contributed by atoms with Crippen LogP contribution in [0.25, 0.3) is 0 Å². The van der Waals surface area contributed by atoms with Gasteiger partial charge in [-0.1, -0.05) is 0 Å². The number of nitrogens with one attached hydrogen (secondary N) is 2. The van der Waals surface area contributed by atoms with Crippen molar-refractivity contribution in [3.05, 3.63) is 29.8 Å². The van der Waals surface area contributed by atoms with E-state index in [2.05, 4.69) is 10.6 Å². The van der Waals surface area contributed by atoms with Gasteiger partial charge in [-0.05, 0) is 30.9 Å². The van der Waals surface area contributed by atoms with Gasteiger partial charge < -0.3 is 10.4 Å². The smallest absolute Gasteiger partial charge is 0.320 e. The van der Waals surface area contributed by atoms with E-state index in [1.165, 1.54) is 6.07 Å². The molecule has 0 aromatic heterocycles. The fourth-order valence-corrected chi connectivity index (χ4v) is 1.87. The third kappa shape index (κ3) is 3.74. The Morgan fingerprint density at radius 1 is 1.30 bits per heavy atom. The van der Waals surface area contributed by atoms with E-state index in [0.29, 0.717) is 0 Å². The number of rotatable bonds is 6. The number of carbonyl (C=O) groups is 2. The van der Waals surface area contributed by atoms with Gasteiger partial charge in [-0.25, -0.2) is 8.78 Å². The zero-order chi connectivity index (χ0) is 14.7. The number of hydrogen-bond acceptors (Lipinski definition) is 3. The summed E-state index contributed by atoms with van der Waals surface area (Å²) in [6.45, 7) is -0.202. The van der Waals surface area contributed by atoms with Crippen molar-refractivity contribution >= 4 is 17.6 Å². The highest BCUT2D eigenvalue weighted by molar-refractivity contribution is 5.92. The first-order chi connectivity index (χ1) is 9.47. The molecule has 0 aliphatic heterocycles. The maximum atomic E-state index is 12.9. The van der Waals surface area contributed by atoms with Crippen LogP contribution in [0.1, 0.15) is 12.8 Å². The van der Waals surface area contributed by atoms with Gasteiger partial charge in [0.15, 0.2) is 11.6 Å². The summed E-state index contributed by atoms with van der Waals surface area (Å²) in [5.74, 6) is -3.50. The molecule has 1 unspecified atom stereocenters. The number of hydrogen-bond donors (Lipinski definition) is 3. The summed E-state index contributed by atoms with van der Waals surface area (Å²) in [7, 11) is 0. The Kier molecular flexibility index (Phi) is 4.29. The molecule has 108 valence electrons. The van der Waals surface area contributed by atoms with Gasteiger partial charge in [-0.15, -0.1) is 0 Å². The predicted molar refractivity (Wildman–Crippen MR) is 67.1 cm³/mol. The van der Waals surface area contributed by atoms with Crippen molar-refractivity contribution in [2.24, 2.45) is 5.92 Å². The van der Waals surface area contributed by atoms with Crippen molar-refractivity contribution in [1.82, 2.24) is 5.32 Å². The van der Waals surface area contributed by atoms with E-state index < -0.39 is 29.6 Å². The number of carboxylic acid groups (broad SMARTS) is 1. The Balaban J connectivity index is 1.85. The van der Waals surface area contributed by atoms with Crippen LogP contribution in [0.15, 0.2) is 18.2 Å². The summed E-state index contributed by atoms with van der Waals surface area (Å²) in [6, 6.07) is 2.25. The fourth-order valence-electron chi connectivity index (χ4n) is 1.87. The van der Waals surface area contributed by atoms with Crippen LogP contribution in [0, 0.1) is 17.6 Å². The highest BCUT2D eigenvalue weighted by Crippen LogP contribution is 2.32. The highest BCUT2D eigenvalue weighted by Gasteiger charge is 2.36. The Bertz CT molecular complexity index is 532. The molecule has 0 radical (unpaired) electrons. The molecule has 1 amide bonds. The molecule has 3 N–H and O–H groups in total. The number of benzene rings is 1. The van der Waals surface area contributed by atoms with Crippen molar-refractivity contribution in [1.29, 1.82) is 0 Å². The summed E-state index contributed by atoms with van der Waals surface area (Å²) >= 11 is 0. The molecule has 1 atom stereocenters. The van der Waals surface area contributed by atoms with Gasteiger partial charge >= 0.3 is 5.97 Å². The van der Waals surface area contributed by atoms with Crippen LogP contribution >= 0.6 is 0 Å². The number of halogens is 2. The zero-order valence-corrected chi connectivity index (χ0v) is 10.5. The minimum atomic E-state index is -1.06. The molecule has 1 saturated carbocycles. The van der Waals surface area contributed by atoms with E-state index in [9.17, 15) is 18.4 Å². The molecule has 0 saturated heterocycles. The lowest BCUT2D eigenvalue weighted by molar-refractivity contribution is -0.140. The molecule has 0 spiro atoms. The lowest BCUT2D eigenvalue weighted by Crippen LogP contribution is -2.42. The molecule has 1 fully saturated rings. The van der Waals surface area contributed by atoms with Crippen molar-refractivity contribution < 1.29 is 23.5 Å². The molecular formula is C13H14F2N2O3. The maximum absolute atomic E-state index is 12.9. The van der Waals surface area contributed by atoms with E-state index in [-0.39, 0.29) is 18.2 Å². The quantitative estimate of drug-likeness (QED) is 0.737. The average molecular weight is 284 g/mol. The maximum Gasteiger partial charge on any atom is 0.320 e. The predicted octanol–water partition coefficient (Wildman–Crippen LogP) is 1.36. The lowest BCUT2D eigenvalue weighted by atomic mass is 10.2. The largest absolute Gasteiger partial charge is 0.480 e. The molecule has 1 aliphatic rings. The molecule has 0 heterocycles. The number of anilines is 1. The van der Waals surface area contributed by atoms with Crippen molar-refractivity contribution in [3.63, 3.8) is 0 Å². The second-order valence-corrected chi connectivity index (χ2v) is 4.71. The number of carbonyl (C=O) groups excluding carboxylic acids is 1. The summed E-state index contributed by atoms with van der Waals surface area (Å²) in [6.07, 6.45) is 1.66. The van der Waals surface area contributed by atoms with Gasteiger partial charge in [-0.2, -0.15) is 0 Å². The minimum absolute atomic E-state index is 0.0589. The first kappa shape index (κ1) is 14.4. The lowest BCUT2D eigenvalue weighted by Gasteiger charge is -2.13. The summed E-state index contributed by atoms with van der Waals surface area (Å²) in [5, 5.41) is 14.0. The third-order valence-corrected chi connectivity index (χ3v) is 3.05. The molecule has 1 aromatic carbocycles. The summed E-state index contributed by atoms with van der Waals surface area (Å²) in [4.78, 5) is 22.5. The van der Waals surface area contributed by atoms with Gasteiger partial charge in [0.25, 0.3) is 0 Å². The first-order valence-corrected chi connectivity index (χ1v) is 6.18. The van der Waals surface area contributed by atoms with Crippen LogP contribution < -0.4 is 10.6 Å². The Morgan fingerprint density at radius 2 is 2.00 bits per heavy atom. The van der Waals surface area contributed by atoms with E-state index in [1.807, 2.05) is 0 Å². The Morgan fingerprint density at radius 3 is 2.55 bits per heavy atom. The fraction of sp³-hybridized carbons (Fsp3) is 0.385. The van der Waals surface area contributed by atoms with Gasteiger partial charge in [0, 0.05) is 11.8 Å². The molecule has 1 aromatic rings. The first-order valence-electron chi connectivity index (χ1n) is 6.18. The normalized spacial score (nSPS) is 15.7. The van der Waals surface area contributed by atoms with E-state index in [4.69, 9.17) is 5.11 Å². The average Bonchev–Trinajstić information content (AvgIpc) is 3.18. The van der Waals surface area contributed by atoms with Crippen molar-refractivity contribution in [3.8, 4) is 0 Å². The van der Waals surface area contributed by atoms with Gasteiger partial charge in [0.05, 0.1) is 6.54 Å². The Labute approximate surface area is 114 Å². The number of carboxylic acids is 1. The van der Waals surface area contributed by atoms with Gasteiger partial charge in [0.2, 0.25) is 5.91 Å². The van der Waals surface area contributed by atoms with Crippen molar-refractivity contribution in [2.45, 2.75) is 18.9 Å². The van der Waals surface area contributed by atoms with Gasteiger partial charge in [-0.3, -0.25) is 14.9 Å². The SMILES string of the molecule is O=C(CNC(C(=O)O)C1CC1)Nc1ccc(F)c(F)c1. The molecule has 2 rings (SSSR count). The van der Waals surface area contributed by atoms with E-state index in [0.717, 1.165) is 25.0 Å². The summed E-state index contributed by atoms with van der Waals surface area (Å²) < 4.78 is 25.7. The standard InChI is InChI=1S/C13H14F2N2O3/c14-9-4-3-8(5-10(9)15)17-11(18)6-16-12(13(19)20)7-1-2-7/h3-5,7,12,16H,1-2,6H2,(H,17,18)(H,19,20). The highest BCUT2D eigenvalue weighted by atomic mass is 19.2. The molecule has 7 heteroatoms. The van der Waals surface area contributed by atoms with Gasteiger partial charge in [0.1, 0.15) is 6.04 Å². The number of amides is 1. The van der Waals surface area contributed by atoms with Crippen LogP contribution in [-0.4, -0.2) is 29.6 Å². The minimum Gasteiger partial charge on any atom is -0.480 e. The molecule has 0 bridgehead atoms. The summed E-state index contributed by atoms with van der Waals surface area (Å²) in [5.41, 5.74) is 0.119. The van der Waals surface area contributed by atoms with E-state index >= 15 is 0 Å². The van der Waals surface area contributed by atoms with Crippen LogP contribution in [0.4, 0.5) is 14.5 Å². The second kappa shape index (κ2) is 5.96. The van der Waals surface area contributed by atoms with Crippen LogP contribution in [0.3, 0.4) is 0 Å². The zero-order valence-electron chi connectivity index (χ0n) is 10.5. The Hall–Kier alpha value is -2.02. The number of aliphatic carboxylic acids is 1. The second-order valence-electron chi connectivity index (χ2n) is 4.71. The molecule has 5 nitrogen and oxygen atoms in total. The topological polar surface area (TPSA) is 78.4 Å². The van der Waals surface area contributed by atoms with Crippen molar-refractivity contribution in [2.75, 3.05) is 11.9 Å². The molecule has 20 heavy (non-hydrogen) atoms. The third-order valence-electron chi connectivity index (χ3n) is 3.05. The molecule has 1 aliphatic carbocycles. The molecular weight excluding hydrogens is 270 g/mol.